The number of piperidine rings is 1. The van der Waals surface area contributed by atoms with Crippen LogP contribution in [0.2, 0.25) is 0 Å². The third kappa shape index (κ3) is 2.53. The Hall–Kier alpha value is -1.42. The van der Waals surface area contributed by atoms with Gasteiger partial charge in [-0.05, 0) is 43.9 Å². The summed E-state index contributed by atoms with van der Waals surface area (Å²) < 4.78 is 0. The molecule has 4 heteroatoms. The van der Waals surface area contributed by atoms with E-state index < -0.39 is 0 Å². The zero-order chi connectivity index (χ0) is 13.1. The van der Waals surface area contributed by atoms with E-state index in [9.17, 15) is 4.79 Å². The molecule has 0 aliphatic carbocycles. The van der Waals surface area contributed by atoms with Crippen LogP contribution in [0.1, 0.15) is 29.4 Å². The first-order valence-corrected chi connectivity index (χ1v) is 6.54. The Morgan fingerprint density at radius 2 is 2.39 bits per heavy atom. The molecule has 0 aromatic carbocycles. The molecule has 1 fully saturated rings. The molecule has 4 nitrogen and oxygen atoms in total. The van der Waals surface area contributed by atoms with Gasteiger partial charge in [0.15, 0.2) is 0 Å². The number of nitrogens with zero attached hydrogens (tertiary/aromatic N) is 2. The summed E-state index contributed by atoms with van der Waals surface area (Å²) in [6, 6.07) is 3.66. The van der Waals surface area contributed by atoms with Crippen molar-refractivity contribution in [2.24, 2.45) is 17.6 Å². The fourth-order valence-electron chi connectivity index (χ4n) is 2.52. The fraction of sp³-hybridized carbons (Fsp3) is 0.571. The Labute approximate surface area is 108 Å². The van der Waals surface area contributed by atoms with Crippen LogP contribution in [0.3, 0.4) is 0 Å². The average molecular weight is 247 g/mol. The monoisotopic (exact) mass is 247 g/mol. The molecule has 18 heavy (non-hydrogen) atoms. The van der Waals surface area contributed by atoms with E-state index in [1.165, 1.54) is 0 Å². The molecule has 2 heterocycles. The lowest BCUT2D eigenvalue weighted by Gasteiger charge is -2.36. The van der Waals surface area contributed by atoms with Crippen molar-refractivity contribution in [3.63, 3.8) is 0 Å². The molecule has 2 unspecified atom stereocenters. The number of carbonyl (C=O) groups is 1. The lowest BCUT2D eigenvalue weighted by atomic mass is 9.87. The van der Waals surface area contributed by atoms with Gasteiger partial charge in [-0.3, -0.25) is 9.78 Å². The van der Waals surface area contributed by atoms with Crippen LogP contribution in [0.15, 0.2) is 18.3 Å². The van der Waals surface area contributed by atoms with Gasteiger partial charge in [0, 0.05) is 25.0 Å². The number of amides is 1. The van der Waals surface area contributed by atoms with Crippen molar-refractivity contribution in [1.82, 2.24) is 9.88 Å². The summed E-state index contributed by atoms with van der Waals surface area (Å²) in [5.41, 5.74) is 7.28. The zero-order valence-corrected chi connectivity index (χ0v) is 11.1. The van der Waals surface area contributed by atoms with Gasteiger partial charge in [-0.2, -0.15) is 0 Å². The van der Waals surface area contributed by atoms with Gasteiger partial charge >= 0.3 is 0 Å². The summed E-state index contributed by atoms with van der Waals surface area (Å²) in [6.45, 7) is 6.33. The Morgan fingerprint density at radius 3 is 3.06 bits per heavy atom. The zero-order valence-electron chi connectivity index (χ0n) is 11.1. The molecule has 0 saturated carbocycles. The Balaban J connectivity index is 2.13. The molecule has 1 aromatic heterocycles. The summed E-state index contributed by atoms with van der Waals surface area (Å²) >= 11 is 0. The van der Waals surface area contributed by atoms with E-state index in [4.69, 9.17) is 5.73 Å². The van der Waals surface area contributed by atoms with Gasteiger partial charge in [0.1, 0.15) is 0 Å². The highest BCUT2D eigenvalue weighted by Gasteiger charge is 2.28. The van der Waals surface area contributed by atoms with Gasteiger partial charge in [-0.1, -0.05) is 6.92 Å². The highest BCUT2D eigenvalue weighted by Crippen LogP contribution is 2.23. The number of aryl methyl sites for hydroxylation is 1. The number of hydrogen-bond acceptors (Lipinski definition) is 3. The number of nitrogens with two attached hydrogens (primary N) is 1. The second-order valence-electron chi connectivity index (χ2n) is 5.15. The van der Waals surface area contributed by atoms with Crippen molar-refractivity contribution >= 4 is 5.91 Å². The first kappa shape index (κ1) is 13.0. The lowest BCUT2D eigenvalue weighted by Crippen LogP contribution is -2.45. The molecule has 1 amide bonds. The molecular weight excluding hydrogens is 226 g/mol. The van der Waals surface area contributed by atoms with Crippen molar-refractivity contribution < 1.29 is 4.79 Å². The number of aromatic nitrogens is 1. The summed E-state index contributed by atoms with van der Waals surface area (Å²) in [7, 11) is 0. The number of likely N-dealkylation sites (tertiary alicyclic amines) is 1. The molecule has 0 spiro atoms. The smallest absolute Gasteiger partial charge is 0.255 e. The lowest BCUT2D eigenvalue weighted by molar-refractivity contribution is 0.0617. The normalized spacial score (nSPS) is 24.1. The third-order valence-corrected chi connectivity index (χ3v) is 3.94. The molecule has 1 aliphatic heterocycles. The Bertz CT molecular complexity index is 433. The van der Waals surface area contributed by atoms with Crippen LogP contribution in [-0.4, -0.2) is 35.4 Å². The molecule has 1 aliphatic rings. The van der Waals surface area contributed by atoms with Crippen molar-refractivity contribution in [1.29, 1.82) is 0 Å². The summed E-state index contributed by atoms with van der Waals surface area (Å²) in [5, 5.41) is 0. The highest BCUT2D eigenvalue weighted by molar-refractivity contribution is 5.95. The predicted molar refractivity (Wildman–Crippen MR) is 71.2 cm³/mol. The molecule has 98 valence electrons. The number of pyridine rings is 1. The van der Waals surface area contributed by atoms with Gasteiger partial charge < -0.3 is 10.6 Å². The van der Waals surface area contributed by atoms with E-state index in [-0.39, 0.29) is 5.91 Å². The standard InChI is InChI=1S/C14H21N3O/c1-10-5-7-17(9-12(10)8-15)14(18)13-4-3-6-16-11(13)2/h3-4,6,10,12H,5,7-9,15H2,1-2H3. The number of rotatable bonds is 2. The Morgan fingerprint density at radius 1 is 1.61 bits per heavy atom. The molecule has 2 atom stereocenters. The quantitative estimate of drug-likeness (QED) is 0.860. The van der Waals surface area contributed by atoms with E-state index >= 15 is 0 Å². The van der Waals surface area contributed by atoms with Crippen LogP contribution in [0.5, 0.6) is 0 Å². The van der Waals surface area contributed by atoms with Gasteiger partial charge in [0.05, 0.1) is 5.56 Å². The molecule has 2 N–H and O–H groups in total. The second kappa shape index (κ2) is 5.48. The van der Waals surface area contributed by atoms with Crippen molar-refractivity contribution in [2.45, 2.75) is 20.3 Å². The van der Waals surface area contributed by atoms with E-state index in [1.54, 1.807) is 6.20 Å². The van der Waals surface area contributed by atoms with Crippen LogP contribution >= 0.6 is 0 Å². The fourth-order valence-corrected chi connectivity index (χ4v) is 2.52. The highest BCUT2D eigenvalue weighted by atomic mass is 16.2. The molecule has 1 saturated heterocycles. The van der Waals surface area contributed by atoms with Crippen LogP contribution in [0.4, 0.5) is 0 Å². The number of carbonyl (C=O) groups excluding carboxylic acids is 1. The largest absolute Gasteiger partial charge is 0.338 e. The summed E-state index contributed by atoms with van der Waals surface area (Å²) in [4.78, 5) is 18.5. The first-order valence-electron chi connectivity index (χ1n) is 6.54. The van der Waals surface area contributed by atoms with E-state index in [2.05, 4.69) is 11.9 Å². The van der Waals surface area contributed by atoms with Crippen LogP contribution in [-0.2, 0) is 0 Å². The molecule has 2 rings (SSSR count). The maximum absolute atomic E-state index is 12.4. The van der Waals surface area contributed by atoms with Gasteiger partial charge in [0.2, 0.25) is 0 Å². The predicted octanol–water partition coefficient (Wildman–Crippen LogP) is 1.45. The minimum absolute atomic E-state index is 0.0888. The topological polar surface area (TPSA) is 59.2 Å². The van der Waals surface area contributed by atoms with Crippen molar-refractivity contribution in [3.05, 3.63) is 29.6 Å². The number of hydrogen-bond donors (Lipinski definition) is 1. The molecule has 1 aromatic rings. The van der Waals surface area contributed by atoms with Gasteiger partial charge in [-0.25, -0.2) is 0 Å². The van der Waals surface area contributed by atoms with E-state index in [0.717, 1.165) is 25.2 Å². The molecule has 0 bridgehead atoms. The van der Waals surface area contributed by atoms with Gasteiger partial charge in [-0.15, -0.1) is 0 Å². The van der Waals surface area contributed by atoms with Crippen LogP contribution < -0.4 is 5.73 Å². The van der Waals surface area contributed by atoms with E-state index in [1.807, 2.05) is 24.0 Å². The van der Waals surface area contributed by atoms with Gasteiger partial charge in [0.25, 0.3) is 5.91 Å². The second-order valence-corrected chi connectivity index (χ2v) is 5.15. The minimum atomic E-state index is 0.0888. The van der Waals surface area contributed by atoms with E-state index in [0.29, 0.717) is 23.9 Å². The molecule has 0 radical (unpaired) electrons. The SMILES string of the molecule is Cc1ncccc1C(=O)N1CCC(C)C(CN)C1. The minimum Gasteiger partial charge on any atom is -0.338 e. The average Bonchev–Trinajstić information content (AvgIpc) is 2.39. The summed E-state index contributed by atoms with van der Waals surface area (Å²) in [6.07, 6.45) is 2.75. The maximum Gasteiger partial charge on any atom is 0.255 e. The maximum atomic E-state index is 12.4. The first-order chi connectivity index (χ1) is 8.63. The van der Waals surface area contributed by atoms with Crippen LogP contribution in [0, 0.1) is 18.8 Å². The summed E-state index contributed by atoms with van der Waals surface area (Å²) in [5.74, 6) is 1.11. The Kier molecular flexibility index (Phi) is 3.97. The van der Waals surface area contributed by atoms with Crippen molar-refractivity contribution in [3.8, 4) is 0 Å². The molecular formula is C14H21N3O. The van der Waals surface area contributed by atoms with Crippen LogP contribution in [0.25, 0.3) is 0 Å². The third-order valence-electron chi connectivity index (χ3n) is 3.94. The van der Waals surface area contributed by atoms with Crippen molar-refractivity contribution in [2.75, 3.05) is 19.6 Å².